The fourth-order valence-corrected chi connectivity index (χ4v) is 3.26. The number of aryl methyl sites for hydroxylation is 1. The van der Waals surface area contributed by atoms with Crippen LogP contribution in [0.15, 0.2) is 86.6 Å². The van der Waals surface area contributed by atoms with Gasteiger partial charge in [-0.15, -0.1) is 0 Å². The normalized spacial score (nSPS) is 11.5. The lowest BCUT2D eigenvalue weighted by Gasteiger charge is -2.01. The third kappa shape index (κ3) is 3.83. The van der Waals surface area contributed by atoms with Gasteiger partial charge in [0.1, 0.15) is 28.6 Å². The number of furan rings is 1. The molecule has 0 radical (unpaired) electrons. The van der Waals surface area contributed by atoms with Crippen molar-refractivity contribution in [1.82, 2.24) is 4.98 Å². The maximum absolute atomic E-state index is 13.1. The van der Waals surface area contributed by atoms with Crippen molar-refractivity contribution in [2.45, 2.75) is 6.92 Å². The lowest BCUT2D eigenvalue weighted by Crippen LogP contribution is -1.80. The summed E-state index contributed by atoms with van der Waals surface area (Å²) in [4.78, 5) is 8.82. The summed E-state index contributed by atoms with van der Waals surface area (Å²) in [6, 6.07) is 20.4. The highest BCUT2D eigenvalue weighted by Crippen LogP contribution is 2.34. The van der Waals surface area contributed by atoms with Gasteiger partial charge in [0.25, 0.3) is 0 Å². The Hall–Kier alpha value is -4.19. The van der Waals surface area contributed by atoms with Gasteiger partial charge in [-0.05, 0) is 73.2 Å². The number of aliphatic imine (C=N–C) groups is 1. The van der Waals surface area contributed by atoms with E-state index in [1.54, 1.807) is 42.6 Å². The molecular formula is C25H17FN2O3. The SMILES string of the molecule is Cc1ccc2oc(-c3ccc(N=Cc4ccc(-c5ccc(F)cc5)o4)cc3O)nc2c1. The average Bonchev–Trinajstić information content (AvgIpc) is 3.39. The zero-order valence-corrected chi connectivity index (χ0v) is 16.5. The summed E-state index contributed by atoms with van der Waals surface area (Å²) in [6.45, 7) is 1.99. The molecule has 0 atom stereocenters. The van der Waals surface area contributed by atoms with Crippen molar-refractivity contribution in [3.05, 3.63) is 89.9 Å². The molecule has 0 aliphatic carbocycles. The minimum atomic E-state index is -0.298. The van der Waals surface area contributed by atoms with Crippen molar-refractivity contribution in [2.75, 3.05) is 0 Å². The molecule has 5 nitrogen and oxygen atoms in total. The molecule has 3 aromatic carbocycles. The van der Waals surface area contributed by atoms with E-state index in [9.17, 15) is 9.50 Å². The molecule has 2 heterocycles. The van der Waals surface area contributed by atoms with Crippen LogP contribution < -0.4 is 0 Å². The zero-order chi connectivity index (χ0) is 21.4. The van der Waals surface area contributed by atoms with E-state index in [1.807, 2.05) is 25.1 Å². The summed E-state index contributed by atoms with van der Waals surface area (Å²) >= 11 is 0. The van der Waals surface area contributed by atoms with Gasteiger partial charge in [-0.1, -0.05) is 6.07 Å². The summed E-state index contributed by atoms with van der Waals surface area (Å²) in [5.41, 5.74) is 4.30. The molecule has 0 fully saturated rings. The molecular weight excluding hydrogens is 395 g/mol. The molecule has 2 aromatic heterocycles. The summed E-state index contributed by atoms with van der Waals surface area (Å²) in [5, 5.41) is 10.5. The number of oxazole rings is 1. The number of hydrogen-bond donors (Lipinski definition) is 1. The van der Waals surface area contributed by atoms with Gasteiger partial charge in [-0.2, -0.15) is 0 Å². The van der Waals surface area contributed by atoms with E-state index in [1.165, 1.54) is 18.2 Å². The molecule has 0 unspecified atom stereocenters. The largest absolute Gasteiger partial charge is 0.507 e. The minimum Gasteiger partial charge on any atom is -0.507 e. The fourth-order valence-electron chi connectivity index (χ4n) is 3.26. The van der Waals surface area contributed by atoms with Gasteiger partial charge in [0.05, 0.1) is 17.5 Å². The number of aromatic nitrogens is 1. The van der Waals surface area contributed by atoms with E-state index in [2.05, 4.69) is 9.98 Å². The number of nitrogens with zero attached hydrogens (tertiary/aromatic N) is 2. The smallest absolute Gasteiger partial charge is 0.231 e. The quantitative estimate of drug-likeness (QED) is 0.335. The molecule has 0 bridgehead atoms. The second-order valence-corrected chi connectivity index (χ2v) is 7.16. The van der Waals surface area contributed by atoms with Crippen LogP contribution in [0.25, 0.3) is 33.9 Å². The number of halogens is 1. The Labute approximate surface area is 177 Å². The first-order valence-corrected chi connectivity index (χ1v) is 9.65. The molecule has 5 aromatic rings. The van der Waals surface area contributed by atoms with E-state index < -0.39 is 0 Å². The molecule has 0 saturated carbocycles. The van der Waals surface area contributed by atoms with Gasteiger partial charge in [0.15, 0.2) is 5.58 Å². The van der Waals surface area contributed by atoms with Crippen LogP contribution in [0.1, 0.15) is 11.3 Å². The van der Waals surface area contributed by atoms with Crippen molar-refractivity contribution in [2.24, 2.45) is 4.99 Å². The Morgan fingerprint density at radius 3 is 2.58 bits per heavy atom. The molecule has 5 rings (SSSR count). The molecule has 31 heavy (non-hydrogen) atoms. The predicted molar refractivity (Wildman–Crippen MR) is 117 cm³/mol. The van der Waals surface area contributed by atoms with Crippen molar-refractivity contribution in [3.8, 4) is 28.5 Å². The highest BCUT2D eigenvalue weighted by Gasteiger charge is 2.13. The maximum atomic E-state index is 13.1. The Bertz CT molecular complexity index is 1410. The second-order valence-electron chi connectivity index (χ2n) is 7.16. The molecule has 152 valence electrons. The molecule has 0 saturated heterocycles. The first-order valence-electron chi connectivity index (χ1n) is 9.65. The van der Waals surface area contributed by atoms with Crippen LogP contribution >= 0.6 is 0 Å². The van der Waals surface area contributed by atoms with Crippen molar-refractivity contribution in [1.29, 1.82) is 0 Å². The van der Waals surface area contributed by atoms with Crippen LogP contribution in [0.2, 0.25) is 0 Å². The first kappa shape index (κ1) is 18.8. The highest BCUT2D eigenvalue weighted by molar-refractivity contribution is 5.81. The minimum absolute atomic E-state index is 0.0179. The van der Waals surface area contributed by atoms with Crippen LogP contribution in [0.3, 0.4) is 0 Å². The molecule has 0 amide bonds. The van der Waals surface area contributed by atoms with Gasteiger partial charge < -0.3 is 13.9 Å². The first-order chi connectivity index (χ1) is 15.0. The Kier molecular flexibility index (Phi) is 4.59. The molecule has 1 N–H and O–H groups in total. The number of phenols is 1. The van der Waals surface area contributed by atoms with Crippen molar-refractivity contribution in [3.63, 3.8) is 0 Å². The number of hydrogen-bond acceptors (Lipinski definition) is 5. The van der Waals surface area contributed by atoms with Crippen LogP contribution in [-0.4, -0.2) is 16.3 Å². The summed E-state index contributed by atoms with van der Waals surface area (Å²) < 4.78 is 24.6. The van der Waals surface area contributed by atoms with Gasteiger partial charge in [-0.3, -0.25) is 4.99 Å². The number of rotatable bonds is 4. The topological polar surface area (TPSA) is 71.8 Å². The lowest BCUT2D eigenvalue weighted by molar-refractivity contribution is 0.474. The Morgan fingerprint density at radius 1 is 0.935 bits per heavy atom. The van der Waals surface area contributed by atoms with Crippen LogP contribution in [0, 0.1) is 12.7 Å². The lowest BCUT2D eigenvalue weighted by atomic mass is 10.2. The van der Waals surface area contributed by atoms with Gasteiger partial charge in [-0.25, -0.2) is 9.37 Å². The van der Waals surface area contributed by atoms with Gasteiger partial charge in [0, 0.05) is 11.6 Å². The molecule has 6 heteroatoms. The fraction of sp³-hybridized carbons (Fsp3) is 0.0400. The van der Waals surface area contributed by atoms with Crippen LogP contribution in [0.4, 0.5) is 10.1 Å². The summed E-state index contributed by atoms with van der Waals surface area (Å²) in [7, 11) is 0. The van der Waals surface area contributed by atoms with Gasteiger partial charge >= 0.3 is 0 Å². The molecule has 0 spiro atoms. The van der Waals surface area contributed by atoms with Crippen molar-refractivity contribution >= 4 is 23.0 Å². The van der Waals surface area contributed by atoms with Crippen LogP contribution in [0.5, 0.6) is 5.75 Å². The van der Waals surface area contributed by atoms with E-state index >= 15 is 0 Å². The second kappa shape index (κ2) is 7.57. The average molecular weight is 412 g/mol. The van der Waals surface area contributed by atoms with Gasteiger partial charge in [0.2, 0.25) is 5.89 Å². The predicted octanol–water partition coefficient (Wildman–Crippen LogP) is 6.66. The van der Waals surface area contributed by atoms with Crippen LogP contribution in [-0.2, 0) is 0 Å². The van der Waals surface area contributed by atoms with E-state index in [-0.39, 0.29) is 11.6 Å². The summed E-state index contributed by atoms with van der Waals surface area (Å²) in [5.74, 6) is 1.23. The highest BCUT2D eigenvalue weighted by atomic mass is 19.1. The Morgan fingerprint density at radius 2 is 1.77 bits per heavy atom. The molecule has 0 aliphatic heterocycles. The van der Waals surface area contributed by atoms with Crippen molar-refractivity contribution < 1.29 is 18.3 Å². The monoisotopic (exact) mass is 412 g/mol. The van der Waals surface area contributed by atoms with E-state index in [4.69, 9.17) is 8.83 Å². The Balaban J connectivity index is 1.37. The van der Waals surface area contributed by atoms with E-state index in [0.717, 1.165) is 16.6 Å². The third-order valence-corrected chi connectivity index (χ3v) is 4.85. The van der Waals surface area contributed by atoms with E-state index in [0.29, 0.717) is 34.2 Å². The zero-order valence-electron chi connectivity index (χ0n) is 16.5. The number of fused-ring (bicyclic) bond motifs is 1. The standard InChI is InChI=1S/C25H17FN2O3/c1-15-2-10-24-21(12-15)28-25(31-24)20-9-7-18(13-22(20)29)27-14-19-8-11-23(30-19)16-3-5-17(26)6-4-16/h2-14,29H,1H3. The number of aromatic hydroxyl groups is 1. The number of benzene rings is 3. The molecule has 0 aliphatic rings. The number of phenolic OH excluding ortho intramolecular Hbond substituents is 1. The third-order valence-electron chi connectivity index (χ3n) is 4.85. The summed E-state index contributed by atoms with van der Waals surface area (Å²) in [6.07, 6.45) is 1.56. The maximum Gasteiger partial charge on any atom is 0.231 e.